The van der Waals surface area contributed by atoms with Crippen molar-refractivity contribution in [1.29, 1.82) is 5.26 Å². The van der Waals surface area contributed by atoms with Crippen molar-refractivity contribution < 1.29 is 0 Å². The molecular weight excluding hydrogens is 286 g/mol. The van der Waals surface area contributed by atoms with E-state index in [1.165, 1.54) is 6.33 Å². The standard InChI is InChI=1S/C15H17N5.ClH/c1-10-4-12(17)8-20(7-10)14-3-2-11(5-16)15-13(14)6-18-9-19-15;/h2-3,6,9-10,12H,4,7-8,17H2,1H3;1H. The zero-order valence-electron chi connectivity index (χ0n) is 11.9. The molecule has 1 aromatic heterocycles. The summed E-state index contributed by atoms with van der Waals surface area (Å²) in [6.07, 6.45) is 4.32. The molecule has 6 heteroatoms. The van der Waals surface area contributed by atoms with E-state index in [4.69, 9.17) is 5.73 Å². The molecule has 2 atom stereocenters. The van der Waals surface area contributed by atoms with Crippen LogP contribution in [0.5, 0.6) is 0 Å². The molecular formula is C15H18ClN5. The number of hydrogen-bond acceptors (Lipinski definition) is 5. The van der Waals surface area contributed by atoms with Crippen molar-refractivity contribution in [2.45, 2.75) is 19.4 Å². The van der Waals surface area contributed by atoms with Crippen LogP contribution in [0.25, 0.3) is 10.9 Å². The Kier molecular flexibility index (Phi) is 4.61. The molecule has 1 aliphatic rings. The van der Waals surface area contributed by atoms with E-state index in [1.807, 2.05) is 12.1 Å². The van der Waals surface area contributed by atoms with Crippen LogP contribution in [-0.2, 0) is 0 Å². The first-order valence-corrected chi connectivity index (χ1v) is 6.82. The number of nitriles is 1. The lowest BCUT2D eigenvalue weighted by atomic mass is 9.95. The summed E-state index contributed by atoms with van der Waals surface area (Å²) in [4.78, 5) is 10.6. The van der Waals surface area contributed by atoms with Gasteiger partial charge in [-0.2, -0.15) is 5.26 Å². The van der Waals surface area contributed by atoms with Gasteiger partial charge in [-0.3, -0.25) is 0 Å². The van der Waals surface area contributed by atoms with E-state index in [1.54, 1.807) is 6.20 Å². The lowest BCUT2D eigenvalue weighted by Gasteiger charge is -2.36. The minimum absolute atomic E-state index is 0. The van der Waals surface area contributed by atoms with Gasteiger partial charge in [0.1, 0.15) is 12.4 Å². The Morgan fingerprint density at radius 1 is 1.38 bits per heavy atom. The van der Waals surface area contributed by atoms with E-state index in [9.17, 15) is 5.26 Å². The number of benzene rings is 1. The summed E-state index contributed by atoms with van der Waals surface area (Å²) >= 11 is 0. The number of nitrogens with two attached hydrogens (primary N) is 1. The number of fused-ring (bicyclic) bond motifs is 1. The van der Waals surface area contributed by atoms with Gasteiger partial charge in [0.05, 0.1) is 11.1 Å². The summed E-state index contributed by atoms with van der Waals surface area (Å²) in [5, 5.41) is 10.1. The average Bonchev–Trinajstić information content (AvgIpc) is 2.45. The summed E-state index contributed by atoms with van der Waals surface area (Å²) in [7, 11) is 0. The third-order valence-electron chi connectivity index (χ3n) is 3.80. The fraction of sp³-hybridized carbons (Fsp3) is 0.400. The number of halogens is 1. The Morgan fingerprint density at radius 2 is 2.19 bits per heavy atom. The van der Waals surface area contributed by atoms with E-state index in [0.29, 0.717) is 17.0 Å². The van der Waals surface area contributed by atoms with Crippen molar-refractivity contribution in [3.05, 3.63) is 30.2 Å². The maximum atomic E-state index is 9.18. The van der Waals surface area contributed by atoms with Crippen LogP contribution in [0.2, 0.25) is 0 Å². The number of piperidine rings is 1. The Morgan fingerprint density at radius 3 is 2.90 bits per heavy atom. The highest BCUT2D eigenvalue weighted by Crippen LogP contribution is 2.30. The molecule has 0 bridgehead atoms. The zero-order valence-corrected chi connectivity index (χ0v) is 12.7. The highest BCUT2D eigenvalue weighted by Gasteiger charge is 2.24. The van der Waals surface area contributed by atoms with E-state index >= 15 is 0 Å². The second kappa shape index (κ2) is 6.25. The van der Waals surface area contributed by atoms with E-state index in [-0.39, 0.29) is 18.4 Å². The molecule has 0 saturated carbocycles. The number of rotatable bonds is 1. The quantitative estimate of drug-likeness (QED) is 0.872. The molecule has 0 aliphatic carbocycles. The van der Waals surface area contributed by atoms with Gasteiger partial charge in [0.25, 0.3) is 0 Å². The molecule has 0 radical (unpaired) electrons. The third-order valence-corrected chi connectivity index (χ3v) is 3.80. The van der Waals surface area contributed by atoms with Gasteiger partial charge in [-0.15, -0.1) is 12.4 Å². The third kappa shape index (κ3) is 2.92. The number of hydrogen-bond donors (Lipinski definition) is 1. The van der Waals surface area contributed by atoms with Crippen LogP contribution in [0.1, 0.15) is 18.9 Å². The SMILES string of the molecule is CC1CC(N)CN(c2ccc(C#N)c3ncncc23)C1.Cl. The maximum Gasteiger partial charge on any atom is 0.116 e. The molecule has 1 fully saturated rings. The van der Waals surface area contributed by atoms with Gasteiger partial charge in [-0.05, 0) is 24.5 Å². The second-order valence-corrected chi connectivity index (χ2v) is 5.54. The van der Waals surface area contributed by atoms with Gasteiger partial charge in [0.2, 0.25) is 0 Å². The summed E-state index contributed by atoms with van der Waals surface area (Å²) in [6.45, 7) is 4.03. The number of aromatic nitrogens is 2. The van der Waals surface area contributed by atoms with Gasteiger partial charge in [-0.25, -0.2) is 9.97 Å². The van der Waals surface area contributed by atoms with Crippen LogP contribution in [0.15, 0.2) is 24.7 Å². The Bertz CT molecular complexity index is 671. The topological polar surface area (TPSA) is 78.8 Å². The summed E-state index contributed by atoms with van der Waals surface area (Å²) in [5.41, 5.74) is 8.50. The minimum atomic E-state index is 0. The molecule has 1 saturated heterocycles. The van der Waals surface area contributed by atoms with Crippen molar-refractivity contribution in [2.75, 3.05) is 18.0 Å². The predicted molar refractivity (Wildman–Crippen MR) is 85.5 cm³/mol. The molecule has 2 aromatic rings. The maximum absolute atomic E-state index is 9.18. The van der Waals surface area contributed by atoms with Crippen LogP contribution in [0.3, 0.4) is 0 Å². The van der Waals surface area contributed by atoms with Crippen molar-refractivity contribution >= 4 is 29.0 Å². The first kappa shape index (κ1) is 15.5. The smallest absolute Gasteiger partial charge is 0.116 e. The Balaban J connectivity index is 0.00000161. The molecule has 2 N–H and O–H groups in total. The largest absolute Gasteiger partial charge is 0.369 e. The molecule has 110 valence electrons. The zero-order chi connectivity index (χ0) is 14.1. The lowest BCUT2D eigenvalue weighted by molar-refractivity contribution is 0.402. The van der Waals surface area contributed by atoms with Gasteiger partial charge < -0.3 is 10.6 Å². The summed E-state index contributed by atoms with van der Waals surface area (Å²) in [6, 6.07) is 6.18. The fourth-order valence-electron chi connectivity index (χ4n) is 3.03. The van der Waals surface area contributed by atoms with Gasteiger partial charge >= 0.3 is 0 Å². The van der Waals surface area contributed by atoms with Crippen molar-refractivity contribution in [3.63, 3.8) is 0 Å². The van der Waals surface area contributed by atoms with Crippen molar-refractivity contribution in [2.24, 2.45) is 11.7 Å². The Hall–Kier alpha value is -1.90. The number of nitrogens with zero attached hydrogens (tertiary/aromatic N) is 4. The van der Waals surface area contributed by atoms with Crippen LogP contribution in [0, 0.1) is 17.2 Å². The van der Waals surface area contributed by atoms with E-state index < -0.39 is 0 Å². The molecule has 0 spiro atoms. The van der Waals surface area contributed by atoms with E-state index in [0.717, 1.165) is 30.6 Å². The first-order valence-electron chi connectivity index (χ1n) is 6.82. The molecule has 2 heterocycles. The highest BCUT2D eigenvalue weighted by atomic mass is 35.5. The van der Waals surface area contributed by atoms with Crippen molar-refractivity contribution in [1.82, 2.24) is 9.97 Å². The second-order valence-electron chi connectivity index (χ2n) is 5.54. The molecule has 1 aliphatic heterocycles. The molecule has 0 amide bonds. The van der Waals surface area contributed by atoms with Crippen LogP contribution < -0.4 is 10.6 Å². The minimum Gasteiger partial charge on any atom is -0.369 e. The molecule has 3 rings (SSSR count). The van der Waals surface area contributed by atoms with Crippen LogP contribution >= 0.6 is 12.4 Å². The lowest BCUT2D eigenvalue weighted by Crippen LogP contribution is -2.46. The van der Waals surface area contributed by atoms with Crippen LogP contribution in [0.4, 0.5) is 5.69 Å². The van der Waals surface area contributed by atoms with Crippen LogP contribution in [-0.4, -0.2) is 29.1 Å². The molecule has 2 unspecified atom stereocenters. The summed E-state index contributed by atoms with van der Waals surface area (Å²) in [5.74, 6) is 0.564. The normalized spacial score (nSPS) is 21.7. The number of anilines is 1. The van der Waals surface area contributed by atoms with Gasteiger partial charge in [0, 0.05) is 36.4 Å². The fourth-order valence-corrected chi connectivity index (χ4v) is 3.03. The summed E-state index contributed by atoms with van der Waals surface area (Å²) < 4.78 is 0. The van der Waals surface area contributed by atoms with E-state index in [2.05, 4.69) is 27.9 Å². The molecule has 21 heavy (non-hydrogen) atoms. The highest BCUT2D eigenvalue weighted by molar-refractivity contribution is 5.94. The van der Waals surface area contributed by atoms with Gasteiger partial charge in [-0.1, -0.05) is 6.92 Å². The molecule has 5 nitrogen and oxygen atoms in total. The average molecular weight is 304 g/mol. The predicted octanol–water partition coefficient (Wildman–Crippen LogP) is 2.10. The monoisotopic (exact) mass is 303 g/mol. The van der Waals surface area contributed by atoms with Crippen molar-refractivity contribution in [3.8, 4) is 6.07 Å². The molecule has 1 aromatic carbocycles. The van der Waals surface area contributed by atoms with Gasteiger partial charge in [0.15, 0.2) is 0 Å². The first-order chi connectivity index (χ1) is 9.69. The Labute approximate surface area is 130 Å².